The predicted octanol–water partition coefficient (Wildman–Crippen LogP) is 4.03. The third kappa shape index (κ3) is 3.97. The van der Waals surface area contributed by atoms with Crippen LogP contribution in [0.25, 0.3) is 6.08 Å². The molecule has 2 aromatic carbocycles. The standard InChI is InChI=1S/C16H13ClO2/c17-15-7-3-4-12(11-15)10-14-6-2-1-5-13(14)8-9-16(18)19/h1-9,11H,10H2,(H,18,19)/b9-8-. The summed E-state index contributed by atoms with van der Waals surface area (Å²) in [6.45, 7) is 0. The van der Waals surface area contributed by atoms with E-state index in [2.05, 4.69) is 0 Å². The second kappa shape index (κ2) is 6.21. The third-order valence-corrected chi connectivity index (χ3v) is 2.98. The lowest BCUT2D eigenvalue weighted by molar-refractivity contribution is -0.131. The highest BCUT2D eigenvalue weighted by Gasteiger charge is 2.02. The van der Waals surface area contributed by atoms with Crippen LogP contribution in [0.4, 0.5) is 0 Å². The molecule has 0 unspecified atom stereocenters. The van der Waals surface area contributed by atoms with Gasteiger partial charge in [-0.2, -0.15) is 0 Å². The Morgan fingerprint density at radius 3 is 2.68 bits per heavy atom. The molecule has 0 aliphatic heterocycles. The SMILES string of the molecule is O=C(O)/C=C\c1ccccc1Cc1cccc(Cl)c1. The summed E-state index contributed by atoms with van der Waals surface area (Å²) in [4.78, 5) is 10.6. The highest BCUT2D eigenvalue weighted by Crippen LogP contribution is 2.18. The van der Waals surface area contributed by atoms with Gasteiger partial charge in [-0.05, 0) is 41.3 Å². The minimum atomic E-state index is -0.947. The van der Waals surface area contributed by atoms with Crippen molar-refractivity contribution in [2.45, 2.75) is 6.42 Å². The predicted molar refractivity (Wildman–Crippen MR) is 77.4 cm³/mol. The molecular weight excluding hydrogens is 260 g/mol. The van der Waals surface area contributed by atoms with E-state index < -0.39 is 5.97 Å². The molecule has 2 rings (SSSR count). The van der Waals surface area contributed by atoms with E-state index in [1.54, 1.807) is 6.08 Å². The van der Waals surface area contributed by atoms with Gasteiger partial charge in [0.05, 0.1) is 0 Å². The summed E-state index contributed by atoms with van der Waals surface area (Å²) in [6, 6.07) is 15.4. The molecule has 0 aromatic heterocycles. The van der Waals surface area contributed by atoms with Crippen molar-refractivity contribution in [1.29, 1.82) is 0 Å². The fourth-order valence-electron chi connectivity index (χ4n) is 1.89. The first-order chi connectivity index (χ1) is 9.15. The Labute approximate surface area is 117 Å². The Bertz CT molecular complexity index is 618. The monoisotopic (exact) mass is 272 g/mol. The molecule has 3 heteroatoms. The third-order valence-electron chi connectivity index (χ3n) is 2.74. The van der Waals surface area contributed by atoms with Gasteiger partial charge in [0, 0.05) is 11.1 Å². The largest absolute Gasteiger partial charge is 0.478 e. The maximum Gasteiger partial charge on any atom is 0.328 e. The molecule has 0 radical (unpaired) electrons. The van der Waals surface area contributed by atoms with Gasteiger partial charge in [-0.15, -0.1) is 0 Å². The average Bonchev–Trinajstić information content (AvgIpc) is 2.38. The van der Waals surface area contributed by atoms with E-state index in [-0.39, 0.29) is 0 Å². The number of carboxylic acid groups (broad SMARTS) is 1. The summed E-state index contributed by atoms with van der Waals surface area (Å²) in [5, 5.41) is 9.39. The number of rotatable bonds is 4. The van der Waals surface area contributed by atoms with Gasteiger partial charge in [-0.25, -0.2) is 4.79 Å². The average molecular weight is 273 g/mol. The van der Waals surface area contributed by atoms with E-state index in [9.17, 15) is 4.79 Å². The Morgan fingerprint density at radius 2 is 1.95 bits per heavy atom. The lowest BCUT2D eigenvalue weighted by Crippen LogP contribution is -1.92. The normalized spacial score (nSPS) is 10.8. The Balaban J connectivity index is 2.27. The van der Waals surface area contributed by atoms with Gasteiger partial charge in [0.15, 0.2) is 0 Å². The maximum absolute atomic E-state index is 10.6. The van der Waals surface area contributed by atoms with Crippen LogP contribution in [-0.2, 0) is 11.2 Å². The molecule has 96 valence electrons. The second-order valence-electron chi connectivity index (χ2n) is 4.18. The summed E-state index contributed by atoms with van der Waals surface area (Å²) in [5.41, 5.74) is 3.08. The Morgan fingerprint density at radius 1 is 1.16 bits per heavy atom. The molecule has 0 fully saturated rings. The molecule has 2 nitrogen and oxygen atoms in total. The first kappa shape index (κ1) is 13.4. The molecule has 0 aliphatic carbocycles. The molecule has 1 N–H and O–H groups in total. The van der Waals surface area contributed by atoms with E-state index in [1.165, 1.54) is 0 Å². The van der Waals surface area contributed by atoms with Crippen LogP contribution in [0.1, 0.15) is 16.7 Å². The molecule has 2 aromatic rings. The fraction of sp³-hybridized carbons (Fsp3) is 0.0625. The Hall–Kier alpha value is -2.06. The van der Waals surface area contributed by atoms with Crippen molar-refractivity contribution in [3.05, 3.63) is 76.3 Å². The first-order valence-electron chi connectivity index (χ1n) is 5.88. The number of carbonyl (C=O) groups is 1. The molecule has 0 saturated heterocycles. The van der Waals surface area contributed by atoms with Crippen molar-refractivity contribution < 1.29 is 9.90 Å². The van der Waals surface area contributed by atoms with Gasteiger partial charge >= 0.3 is 5.97 Å². The van der Waals surface area contributed by atoms with Crippen LogP contribution in [0.5, 0.6) is 0 Å². The molecular formula is C16H13ClO2. The summed E-state index contributed by atoms with van der Waals surface area (Å²) in [7, 11) is 0. The number of hydrogen-bond acceptors (Lipinski definition) is 1. The molecule has 0 atom stereocenters. The zero-order chi connectivity index (χ0) is 13.7. The van der Waals surface area contributed by atoms with E-state index in [1.807, 2.05) is 48.5 Å². The minimum Gasteiger partial charge on any atom is -0.478 e. The van der Waals surface area contributed by atoms with Crippen LogP contribution >= 0.6 is 11.6 Å². The smallest absolute Gasteiger partial charge is 0.328 e. The summed E-state index contributed by atoms with van der Waals surface area (Å²) in [5.74, 6) is -0.947. The van der Waals surface area contributed by atoms with Crippen LogP contribution in [0.3, 0.4) is 0 Å². The van der Waals surface area contributed by atoms with E-state index in [0.29, 0.717) is 5.02 Å². The van der Waals surface area contributed by atoms with Gasteiger partial charge in [0.25, 0.3) is 0 Å². The highest BCUT2D eigenvalue weighted by atomic mass is 35.5. The van der Waals surface area contributed by atoms with Crippen molar-refractivity contribution in [2.75, 3.05) is 0 Å². The van der Waals surface area contributed by atoms with Gasteiger partial charge in [0.1, 0.15) is 0 Å². The number of carboxylic acids is 1. The van der Waals surface area contributed by atoms with E-state index in [4.69, 9.17) is 16.7 Å². The number of aliphatic carboxylic acids is 1. The van der Waals surface area contributed by atoms with Crippen molar-refractivity contribution >= 4 is 23.6 Å². The zero-order valence-electron chi connectivity index (χ0n) is 10.2. The number of halogens is 1. The van der Waals surface area contributed by atoms with Gasteiger partial charge < -0.3 is 5.11 Å². The summed E-state index contributed by atoms with van der Waals surface area (Å²) in [6.07, 6.45) is 3.49. The van der Waals surface area contributed by atoms with Crippen molar-refractivity contribution in [3.8, 4) is 0 Å². The van der Waals surface area contributed by atoms with E-state index in [0.717, 1.165) is 29.2 Å². The lowest BCUT2D eigenvalue weighted by Gasteiger charge is -2.06. The zero-order valence-corrected chi connectivity index (χ0v) is 11.0. The van der Waals surface area contributed by atoms with Crippen LogP contribution in [0.15, 0.2) is 54.6 Å². The van der Waals surface area contributed by atoms with Crippen LogP contribution in [0.2, 0.25) is 5.02 Å². The highest BCUT2D eigenvalue weighted by molar-refractivity contribution is 6.30. The van der Waals surface area contributed by atoms with Gasteiger partial charge in [0.2, 0.25) is 0 Å². The molecule has 0 aliphatic rings. The van der Waals surface area contributed by atoms with Crippen LogP contribution < -0.4 is 0 Å². The number of hydrogen-bond donors (Lipinski definition) is 1. The Kier molecular flexibility index (Phi) is 4.37. The molecule has 0 heterocycles. The van der Waals surface area contributed by atoms with Crippen molar-refractivity contribution in [2.24, 2.45) is 0 Å². The summed E-state index contributed by atoms with van der Waals surface area (Å²) < 4.78 is 0. The van der Waals surface area contributed by atoms with Gasteiger partial charge in [-0.1, -0.05) is 48.0 Å². The van der Waals surface area contributed by atoms with Gasteiger partial charge in [-0.3, -0.25) is 0 Å². The maximum atomic E-state index is 10.6. The quantitative estimate of drug-likeness (QED) is 0.853. The van der Waals surface area contributed by atoms with Crippen molar-refractivity contribution in [3.63, 3.8) is 0 Å². The molecule has 0 bridgehead atoms. The molecule has 19 heavy (non-hydrogen) atoms. The molecule has 0 spiro atoms. The second-order valence-corrected chi connectivity index (χ2v) is 4.61. The summed E-state index contributed by atoms with van der Waals surface area (Å²) >= 11 is 5.96. The first-order valence-corrected chi connectivity index (χ1v) is 6.26. The van der Waals surface area contributed by atoms with Crippen LogP contribution in [-0.4, -0.2) is 11.1 Å². The van der Waals surface area contributed by atoms with Crippen LogP contribution in [0, 0.1) is 0 Å². The lowest BCUT2D eigenvalue weighted by atomic mass is 9.99. The fourth-order valence-corrected chi connectivity index (χ4v) is 2.10. The minimum absolute atomic E-state index is 0.705. The number of benzene rings is 2. The molecule has 0 amide bonds. The topological polar surface area (TPSA) is 37.3 Å². The van der Waals surface area contributed by atoms with Crippen molar-refractivity contribution in [1.82, 2.24) is 0 Å². The molecule has 0 saturated carbocycles. The van der Waals surface area contributed by atoms with E-state index >= 15 is 0 Å².